The molecule has 2 heteroatoms. The van der Waals surface area contributed by atoms with Crippen molar-refractivity contribution in [2.45, 2.75) is 45.1 Å². The van der Waals surface area contributed by atoms with E-state index in [1.807, 2.05) is 6.07 Å². The van der Waals surface area contributed by atoms with Crippen molar-refractivity contribution >= 4 is 5.69 Å². The second-order valence-electron chi connectivity index (χ2n) is 4.89. The quantitative estimate of drug-likeness (QED) is 0.710. The van der Waals surface area contributed by atoms with Crippen molar-refractivity contribution in [3.05, 3.63) is 29.3 Å². The van der Waals surface area contributed by atoms with Crippen LogP contribution in [-0.4, -0.2) is 6.54 Å². The van der Waals surface area contributed by atoms with E-state index in [9.17, 15) is 0 Å². The summed E-state index contributed by atoms with van der Waals surface area (Å²) in [6, 6.07) is 6.91. The number of rotatable bonds is 1. The lowest BCUT2D eigenvalue weighted by Crippen LogP contribution is -2.24. The summed E-state index contributed by atoms with van der Waals surface area (Å²) in [5.74, 6) is 0. The smallest absolute Gasteiger partial charge is 0.0321 e. The summed E-state index contributed by atoms with van der Waals surface area (Å²) in [5.41, 5.74) is 9.42. The standard InChI is InChI=1S/C14H22N2/c1-11-8-12(10-13(15)9-11)14-6-4-2-3-5-7-16-14/h8-10,14,16H,2-7,15H2,1H3. The molecule has 0 aliphatic carbocycles. The van der Waals surface area contributed by atoms with Crippen LogP contribution in [0.15, 0.2) is 18.2 Å². The summed E-state index contributed by atoms with van der Waals surface area (Å²) in [6.45, 7) is 3.25. The average molecular weight is 218 g/mol. The molecule has 1 fully saturated rings. The zero-order valence-corrected chi connectivity index (χ0v) is 10.1. The molecule has 1 heterocycles. The van der Waals surface area contributed by atoms with Crippen LogP contribution in [-0.2, 0) is 0 Å². The molecule has 1 aromatic rings. The minimum atomic E-state index is 0.502. The molecule has 1 atom stereocenters. The van der Waals surface area contributed by atoms with Gasteiger partial charge in [0, 0.05) is 11.7 Å². The molecule has 0 radical (unpaired) electrons. The first-order valence-electron chi connectivity index (χ1n) is 6.36. The van der Waals surface area contributed by atoms with Crippen LogP contribution in [0.2, 0.25) is 0 Å². The van der Waals surface area contributed by atoms with Gasteiger partial charge in [-0.3, -0.25) is 0 Å². The predicted molar refractivity (Wildman–Crippen MR) is 69.4 cm³/mol. The van der Waals surface area contributed by atoms with Crippen LogP contribution in [0.1, 0.15) is 49.3 Å². The fourth-order valence-electron chi connectivity index (χ4n) is 2.53. The number of nitrogens with two attached hydrogens (primary N) is 1. The zero-order valence-electron chi connectivity index (χ0n) is 10.1. The SMILES string of the molecule is Cc1cc(N)cc(C2CCCCCCN2)c1. The number of hydrogen-bond acceptors (Lipinski definition) is 2. The van der Waals surface area contributed by atoms with Crippen molar-refractivity contribution in [1.82, 2.24) is 5.32 Å². The molecule has 2 nitrogen and oxygen atoms in total. The minimum absolute atomic E-state index is 0.502. The Kier molecular flexibility index (Phi) is 3.83. The van der Waals surface area contributed by atoms with E-state index in [-0.39, 0.29) is 0 Å². The van der Waals surface area contributed by atoms with E-state index >= 15 is 0 Å². The molecule has 2 rings (SSSR count). The maximum absolute atomic E-state index is 5.91. The highest BCUT2D eigenvalue weighted by Gasteiger charge is 2.13. The lowest BCUT2D eigenvalue weighted by atomic mass is 9.96. The van der Waals surface area contributed by atoms with Crippen molar-refractivity contribution < 1.29 is 0 Å². The van der Waals surface area contributed by atoms with Gasteiger partial charge in [-0.1, -0.05) is 25.3 Å². The van der Waals surface area contributed by atoms with Crippen LogP contribution in [0.5, 0.6) is 0 Å². The van der Waals surface area contributed by atoms with Gasteiger partial charge >= 0.3 is 0 Å². The number of hydrogen-bond donors (Lipinski definition) is 2. The van der Waals surface area contributed by atoms with Gasteiger partial charge in [0.1, 0.15) is 0 Å². The van der Waals surface area contributed by atoms with Gasteiger partial charge in [-0.15, -0.1) is 0 Å². The Morgan fingerprint density at radius 3 is 2.75 bits per heavy atom. The van der Waals surface area contributed by atoms with Crippen LogP contribution < -0.4 is 11.1 Å². The molecule has 1 saturated heterocycles. The van der Waals surface area contributed by atoms with Crippen LogP contribution in [0, 0.1) is 6.92 Å². The van der Waals surface area contributed by atoms with Gasteiger partial charge in [-0.25, -0.2) is 0 Å². The van der Waals surface area contributed by atoms with Crippen molar-refractivity contribution in [2.24, 2.45) is 0 Å². The van der Waals surface area contributed by atoms with Crippen molar-refractivity contribution in [3.8, 4) is 0 Å². The first-order valence-corrected chi connectivity index (χ1v) is 6.36. The largest absolute Gasteiger partial charge is 0.399 e. The van der Waals surface area contributed by atoms with Crippen LogP contribution in [0.25, 0.3) is 0 Å². The van der Waals surface area contributed by atoms with E-state index in [0.29, 0.717) is 6.04 Å². The number of anilines is 1. The Bertz CT molecular complexity index is 318. The number of nitrogens with one attached hydrogen (secondary N) is 1. The monoisotopic (exact) mass is 218 g/mol. The lowest BCUT2D eigenvalue weighted by Gasteiger charge is -2.22. The van der Waals surface area contributed by atoms with Gasteiger partial charge in [0.2, 0.25) is 0 Å². The van der Waals surface area contributed by atoms with Crippen molar-refractivity contribution in [1.29, 1.82) is 0 Å². The van der Waals surface area contributed by atoms with E-state index < -0.39 is 0 Å². The third kappa shape index (κ3) is 2.99. The normalized spacial score (nSPS) is 22.4. The maximum Gasteiger partial charge on any atom is 0.0321 e. The van der Waals surface area contributed by atoms with Gasteiger partial charge < -0.3 is 11.1 Å². The average Bonchev–Trinajstić information content (AvgIpc) is 2.14. The summed E-state index contributed by atoms with van der Waals surface area (Å²) < 4.78 is 0. The number of benzene rings is 1. The predicted octanol–water partition coefficient (Wildman–Crippen LogP) is 3.17. The van der Waals surface area contributed by atoms with Crippen molar-refractivity contribution in [2.75, 3.05) is 12.3 Å². The topological polar surface area (TPSA) is 38.0 Å². The molecule has 0 amide bonds. The lowest BCUT2D eigenvalue weighted by molar-refractivity contribution is 0.427. The second-order valence-corrected chi connectivity index (χ2v) is 4.89. The van der Waals surface area contributed by atoms with Gasteiger partial charge in [0.25, 0.3) is 0 Å². The molecule has 1 aliphatic heterocycles. The summed E-state index contributed by atoms with van der Waals surface area (Å²) in [7, 11) is 0. The van der Waals surface area contributed by atoms with E-state index in [4.69, 9.17) is 5.73 Å². The fourth-order valence-corrected chi connectivity index (χ4v) is 2.53. The number of aryl methyl sites for hydroxylation is 1. The van der Waals surface area contributed by atoms with Crippen LogP contribution in [0.4, 0.5) is 5.69 Å². The zero-order chi connectivity index (χ0) is 11.4. The Labute approximate surface area is 98.2 Å². The summed E-state index contributed by atoms with van der Waals surface area (Å²) in [5, 5.41) is 3.64. The van der Waals surface area contributed by atoms with Gasteiger partial charge in [-0.2, -0.15) is 0 Å². The third-order valence-electron chi connectivity index (χ3n) is 3.33. The van der Waals surface area contributed by atoms with Gasteiger partial charge in [-0.05, 0) is 49.6 Å². The van der Waals surface area contributed by atoms with Gasteiger partial charge in [0.15, 0.2) is 0 Å². The molecule has 1 aromatic carbocycles. The fraction of sp³-hybridized carbons (Fsp3) is 0.571. The summed E-state index contributed by atoms with van der Waals surface area (Å²) in [6.07, 6.45) is 6.61. The molecule has 1 aliphatic rings. The minimum Gasteiger partial charge on any atom is -0.399 e. The Morgan fingerprint density at radius 1 is 1.12 bits per heavy atom. The summed E-state index contributed by atoms with van der Waals surface area (Å²) in [4.78, 5) is 0. The Hall–Kier alpha value is -1.02. The van der Waals surface area contributed by atoms with Crippen molar-refractivity contribution in [3.63, 3.8) is 0 Å². The molecule has 0 saturated carbocycles. The first-order chi connectivity index (χ1) is 7.75. The van der Waals surface area contributed by atoms with E-state index in [1.165, 1.54) is 43.2 Å². The van der Waals surface area contributed by atoms with Gasteiger partial charge in [0.05, 0.1) is 0 Å². The molecule has 1 unspecified atom stereocenters. The Morgan fingerprint density at radius 2 is 1.94 bits per heavy atom. The molecule has 88 valence electrons. The van der Waals surface area contributed by atoms with E-state index in [2.05, 4.69) is 24.4 Å². The van der Waals surface area contributed by atoms with E-state index in [0.717, 1.165) is 12.2 Å². The molecule has 3 N–H and O–H groups in total. The molecular weight excluding hydrogens is 196 g/mol. The maximum atomic E-state index is 5.91. The second kappa shape index (κ2) is 5.35. The molecule has 0 bridgehead atoms. The first kappa shape index (κ1) is 11.5. The van der Waals surface area contributed by atoms with Crippen LogP contribution >= 0.6 is 0 Å². The highest BCUT2D eigenvalue weighted by atomic mass is 14.9. The van der Waals surface area contributed by atoms with E-state index in [1.54, 1.807) is 0 Å². The third-order valence-corrected chi connectivity index (χ3v) is 3.33. The number of nitrogen functional groups attached to an aromatic ring is 1. The molecule has 0 spiro atoms. The molecule has 0 aromatic heterocycles. The summed E-state index contributed by atoms with van der Waals surface area (Å²) >= 11 is 0. The molecule has 16 heavy (non-hydrogen) atoms. The highest BCUT2D eigenvalue weighted by molar-refractivity contribution is 5.45. The molecular formula is C14H22N2. The Balaban J connectivity index is 2.13. The van der Waals surface area contributed by atoms with Crippen LogP contribution in [0.3, 0.4) is 0 Å². The highest BCUT2D eigenvalue weighted by Crippen LogP contribution is 2.24.